The number of carbonyl (C=O) groups excluding carboxylic acids is 1. The molecule has 0 radical (unpaired) electrons. The SMILES string of the molecule is Cc1ccc(C2COCCN2C(=O)NCCc2c(C)nn(C)c2C)o1. The van der Waals surface area contributed by atoms with Crippen molar-refractivity contribution in [2.75, 3.05) is 26.3 Å². The van der Waals surface area contributed by atoms with Crippen molar-refractivity contribution in [2.45, 2.75) is 33.2 Å². The van der Waals surface area contributed by atoms with Crippen LogP contribution in [-0.2, 0) is 18.2 Å². The summed E-state index contributed by atoms with van der Waals surface area (Å²) in [5.41, 5.74) is 3.36. The van der Waals surface area contributed by atoms with Gasteiger partial charge in [-0.05, 0) is 44.9 Å². The molecule has 1 atom stereocenters. The van der Waals surface area contributed by atoms with Gasteiger partial charge in [-0.1, -0.05) is 0 Å². The number of urea groups is 1. The van der Waals surface area contributed by atoms with E-state index >= 15 is 0 Å². The van der Waals surface area contributed by atoms with Crippen molar-refractivity contribution in [2.24, 2.45) is 7.05 Å². The van der Waals surface area contributed by atoms with E-state index in [1.807, 2.05) is 37.7 Å². The number of amides is 2. The molecule has 1 N–H and O–H groups in total. The summed E-state index contributed by atoms with van der Waals surface area (Å²) in [5.74, 6) is 1.61. The number of aryl methyl sites for hydroxylation is 3. The number of ether oxygens (including phenoxy) is 1. The second-order valence-electron chi connectivity index (χ2n) is 6.49. The Morgan fingerprint density at radius 3 is 2.80 bits per heavy atom. The first-order valence-corrected chi connectivity index (χ1v) is 8.65. The summed E-state index contributed by atoms with van der Waals surface area (Å²) in [5, 5.41) is 7.44. The van der Waals surface area contributed by atoms with Crippen LogP contribution < -0.4 is 5.32 Å². The molecule has 1 saturated heterocycles. The second kappa shape index (κ2) is 7.31. The van der Waals surface area contributed by atoms with E-state index < -0.39 is 0 Å². The van der Waals surface area contributed by atoms with Gasteiger partial charge in [0.15, 0.2) is 0 Å². The maximum atomic E-state index is 12.7. The summed E-state index contributed by atoms with van der Waals surface area (Å²) in [4.78, 5) is 14.4. The van der Waals surface area contributed by atoms with Crippen molar-refractivity contribution in [3.63, 3.8) is 0 Å². The topological polar surface area (TPSA) is 72.5 Å². The molecular formula is C18H26N4O3. The zero-order valence-electron chi connectivity index (χ0n) is 15.3. The molecule has 1 aliphatic heterocycles. The van der Waals surface area contributed by atoms with Gasteiger partial charge in [-0.15, -0.1) is 0 Å². The summed E-state index contributed by atoms with van der Waals surface area (Å²) >= 11 is 0. The van der Waals surface area contributed by atoms with Crippen molar-refractivity contribution in [1.29, 1.82) is 0 Å². The Labute approximate surface area is 147 Å². The highest BCUT2D eigenvalue weighted by Crippen LogP contribution is 2.25. The Balaban J connectivity index is 1.61. The number of hydrogen-bond donors (Lipinski definition) is 1. The van der Waals surface area contributed by atoms with E-state index in [1.54, 1.807) is 4.90 Å². The van der Waals surface area contributed by atoms with Crippen LogP contribution in [0.25, 0.3) is 0 Å². The highest BCUT2D eigenvalue weighted by Gasteiger charge is 2.30. The number of carbonyl (C=O) groups is 1. The van der Waals surface area contributed by atoms with Crippen molar-refractivity contribution in [3.05, 3.63) is 40.6 Å². The van der Waals surface area contributed by atoms with Gasteiger partial charge in [0.1, 0.15) is 17.6 Å². The average molecular weight is 346 g/mol. The van der Waals surface area contributed by atoms with Gasteiger partial charge in [-0.25, -0.2) is 4.79 Å². The molecule has 1 fully saturated rings. The molecule has 0 bridgehead atoms. The molecule has 1 unspecified atom stereocenters. The molecule has 7 nitrogen and oxygen atoms in total. The molecular weight excluding hydrogens is 320 g/mol. The Kier molecular flexibility index (Phi) is 5.13. The monoisotopic (exact) mass is 346 g/mol. The standard InChI is InChI=1S/C18H26N4O3/c1-12-5-6-17(25-12)16-11-24-10-9-22(16)18(23)19-8-7-15-13(2)20-21(4)14(15)3/h5-6,16H,7-11H2,1-4H3,(H,19,23). The molecule has 3 rings (SSSR count). The fourth-order valence-electron chi connectivity index (χ4n) is 3.29. The van der Waals surface area contributed by atoms with Crippen molar-refractivity contribution in [1.82, 2.24) is 20.0 Å². The average Bonchev–Trinajstić information content (AvgIpc) is 3.13. The van der Waals surface area contributed by atoms with Crippen LogP contribution in [0, 0.1) is 20.8 Å². The minimum Gasteiger partial charge on any atom is -0.464 e. The fraction of sp³-hybridized carbons (Fsp3) is 0.556. The lowest BCUT2D eigenvalue weighted by Gasteiger charge is -2.34. The predicted molar refractivity (Wildman–Crippen MR) is 93.5 cm³/mol. The molecule has 2 aromatic rings. The maximum Gasteiger partial charge on any atom is 0.318 e. The first kappa shape index (κ1) is 17.5. The van der Waals surface area contributed by atoms with Crippen LogP contribution in [0.15, 0.2) is 16.5 Å². The summed E-state index contributed by atoms with van der Waals surface area (Å²) < 4.78 is 13.1. The molecule has 2 amide bonds. The lowest BCUT2D eigenvalue weighted by molar-refractivity contribution is 0.00413. The molecule has 7 heteroatoms. The molecule has 0 aromatic carbocycles. The summed E-state index contributed by atoms with van der Waals surface area (Å²) in [6, 6.07) is 3.57. The number of hydrogen-bond acceptors (Lipinski definition) is 4. The third kappa shape index (κ3) is 3.71. The molecule has 0 spiro atoms. The molecule has 0 saturated carbocycles. The van der Waals surface area contributed by atoms with Crippen LogP contribution in [0.4, 0.5) is 4.79 Å². The highest BCUT2D eigenvalue weighted by molar-refractivity contribution is 5.74. The first-order chi connectivity index (χ1) is 12.0. The van der Waals surface area contributed by atoms with Gasteiger partial charge in [0.05, 0.1) is 18.9 Å². The normalized spacial score (nSPS) is 17.8. The van der Waals surface area contributed by atoms with Crippen molar-refractivity contribution < 1.29 is 13.9 Å². The van der Waals surface area contributed by atoms with Crippen LogP contribution in [-0.4, -0.2) is 47.0 Å². The molecule has 25 heavy (non-hydrogen) atoms. The van der Waals surface area contributed by atoms with Gasteiger partial charge in [0, 0.05) is 25.8 Å². The fourth-order valence-corrected chi connectivity index (χ4v) is 3.29. The molecule has 3 heterocycles. The third-order valence-electron chi connectivity index (χ3n) is 4.79. The molecule has 1 aliphatic rings. The van der Waals surface area contributed by atoms with E-state index in [1.165, 1.54) is 5.56 Å². The van der Waals surface area contributed by atoms with Crippen LogP contribution in [0.5, 0.6) is 0 Å². The number of furan rings is 1. The van der Waals surface area contributed by atoms with Crippen molar-refractivity contribution in [3.8, 4) is 0 Å². The lowest BCUT2D eigenvalue weighted by atomic mass is 10.1. The smallest absolute Gasteiger partial charge is 0.318 e. The van der Waals surface area contributed by atoms with E-state index in [4.69, 9.17) is 9.15 Å². The Bertz CT molecular complexity index is 750. The van der Waals surface area contributed by atoms with E-state index in [-0.39, 0.29) is 12.1 Å². The second-order valence-corrected chi connectivity index (χ2v) is 6.49. The van der Waals surface area contributed by atoms with Gasteiger partial charge in [-0.2, -0.15) is 5.10 Å². The van der Waals surface area contributed by atoms with E-state index in [0.717, 1.165) is 29.3 Å². The number of nitrogens with one attached hydrogen (secondary N) is 1. The van der Waals surface area contributed by atoms with E-state index in [9.17, 15) is 4.79 Å². The van der Waals surface area contributed by atoms with Crippen LogP contribution >= 0.6 is 0 Å². The maximum absolute atomic E-state index is 12.7. The third-order valence-corrected chi connectivity index (χ3v) is 4.79. The number of aromatic nitrogens is 2. The molecule has 136 valence electrons. The van der Waals surface area contributed by atoms with E-state index in [2.05, 4.69) is 17.3 Å². The zero-order valence-corrected chi connectivity index (χ0v) is 15.3. The first-order valence-electron chi connectivity index (χ1n) is 8.65. The highest BCUT2D eigenvalue weighted by atomic mass is 16.5. The Morgan fingerprint density at radius 1 is 1.36 bits per heavy atom. The minimum atomic E-state index is -0.177. The van der Waals surface area contributed by atoms with Gasteiger partial charge >= 0.3 is 6.03 Å². The van der Waals surface area contributed by atoms with Gasteiger partial charge in [0.25, 0.3) is 0 Å². The number of rotatable bonds is 4. The van der Waals surface area contributed by atoms with Crippen LogP contribution in [0.1, 0.15) is 34.5 Å². The summed E-state index contributed by atoms with van der Waals surface area (Å²) in [7, 11) is 1.94. The van der Waals surface area contributed by atoms with Crippen LogP contribution in [0.2, 0.25) is 0 Å². The zero-order chi connectivity index (χ0) is 18.0. The van der Waals surface area contributed by atoms with Gasteiger partial charge < -0.3 is 19.4 Å². The number of nitrogens with zero attached hydrogens (tertiary/aromatic N) is 3. The quantitative estimate of drug-likeness (QED) is 0.922. The van der Waals surface area contributed by atoms with E-state index in [0.29, 0.717) is 26.3 Å². The summed E-state index contributed by atoms with van der Waals surface area (Å²) in [6.07, 6.45) is 0.770. The summed E-state index contributed by atoms with van der Waals surface area (Å²) in [6.45, 7) is 8.09. The number of morpholine rings is 1. The Morgan fingerprint density at radius 2 is 2.16 bits per heavy atom. The van der Waals surface area contributed by atoms with Crippen LogP contribution in [0.3, 0.4) is 0 Å². The van der Waals surface area contributed by atoms with Gasteiger partial charge in [0.2, 0.25) is 0 Å². The van der Waals surface area contributed by atoms with Gasteiger partial charge in [-0.3, -0.25) is 4.68 Å². The Hall–Kier alpha value is -2.28. The molecule has 2 aromatic heterocycles. The van der Waals surface area contributed by atoms with Crippen molar-refractivity contribution >= 4 is 6.03 Å². The largest absolute Gasteiger partial charge is 0.464 e. The minimum absolute atomic E-state index is 0.0819. The molecule has 0 aliphatic carbocycles. The predicted octanol–water partition coefficient (Wildman–Crippen LogP) is 2.26. The lowest BCUT2D eigenvalue weighted by Crippen LogP contribution is -2.48.